The highest BCUT2D eigenvalue weighted by Gasteiger charge is 2.16. The van der Waals surface area contributed by atoms with Gasteiger partial charge in [-0.2, -0.15) is 0 Å². The van der Waals surface area contributed by atoms with Crippen molar-refractivity contribution in [2.45, 2.75) is 0 Å². The molecule has 0 fully saturated rings. The third-order valence-corrected chi connectivity index (χ3v) is 10.9. The van der Waals surface area contributed by atoms with E-state index in [9.17, 15) is 50.5 Å². The molecule has 17 nitrogen and oxygen atoms in total. The first-order valence-corrected chi connectivity index (χ1v) is 20.5. The maximum atomic E-state index is 12.0. The van der Waals surface area contributed by atoms with Gasteiger partial charge in [0.15, 0.2) is 46.0 Å². The van der Waals surface area contributed by atoms with Crippen molar-refractivity contribution in [2.24, 2.45) is 0 Å². The average molecular weight is 847 g/mol. The summed E-state index contributed by atoms with van der Waals surface area (Å²) in [6.07, 6.45) is 5.81. The van der Waals surface area contributed by atoms with Crippen LogP contribution in [0.2, 0.25) is 0 Å². The fraction of sp³-hybridized carbons (Fsp3) is 0.108. The van der Waals surface area contributed by atoms with E-state index < -0.39 is 36.0 Å². The van der Waals surface area contributed by atoms with Crippen LogP contribution < -0.4 is 27.8 Å². The largest absolute Gasteiger partial charge is 0.504 e. The molecule has 6 N–H and O–H groups in total. The smallest absolute Gasteiger partial charge is 0.257 e. The summed E-state index contributed by atoms with van der Waals surface area (Å²) < 4.78 is 95.0. The predicted molar refractivity (Wildman–Crippen MR) is 213 cm³/mol. The summed E-state index contributed by atoms with van der Waals surface area (Å²) in [5.74, 6) is -0.558. The Labute approximate surface area is 329 Å². The van der Waals surface area contributed by atoms with Gasteiger partial charge in [0, 0.05) is 16.9 Å². The number of hydrogen-bond donors (Lipinski definition) is 6. The molecule has 304 valence electrons. The van der Waals surface area contributed by atoms with E-state index in [1.807, 2.05) is 4.72 Å². The minimum atomic E-state index is -4.34. The Bertz CT molecular complexity index is 2440. The van der Waals surface area contributed by atoms with Crippen LogP contribution in [0.15, 0.2) is 95.1 Å². The van der Waals surface area contributed by atoms with Gasteiger partial charge < -0.3 is 39.4 Å². The summed E-state index contributed by atoms with van der Waals surface area (Å²) in [6.45, 7) is 0. The van der Waals surface area contributed by atoms with Gasteiger partial charge in [-0.15, -0.1) is 4.13 Å². The number of phenols is 4. The SMILES string of the molecule is COc1ccc(C=CC(=O)NS(=O)(=O)C=Cc2ccc(OC)c(O)c2)cc1O.COc1ccc(C=CS(=O)(=O)NS(=O)(=O)C=Cc2ccc(OC)c(O)c2)cc1O. The van der Waals surface area contributed by atoms with Crippen molar-refractivity contribution in [1.29, 1.82) is 0 Å². The highest BCUT2D eigenvalue weighted by molar-refractivity contribution is 8.07. The Hall–Kier alpha value is -6.48. The van der Waals surface area contributed by atoms with Crippen molar-refractivity contribution >= 4 is 60.3 Å². The summed E-state index contributed by atoms with van der Waals surface area (Å²) in [5, 5.41) is 40.8. The normalized spacial score (nSPS) is 12.1. The number of ether oxygens (including phenoxy) is 4. The van der Waals surface area contributed by atoms with Crippen LogP contribution in [0.4, 0.5) is 0 Å². The lowest BCUT2D eigenvalue weighted by Crippen LogP contribution is -2.26. The summed E-state index contributed by atoms with van der Waals surface area (Å²) in [7, 11) is -7.19. The Kier molecular flexibility index (Phi) is 15.7. The first kappa shape index (κ1) is 44.9. The van der Waals surface area contributed by atoms with Crippen LogP contribution in [0.1, 0.15) is 22.3 Å². The first-order valence-electron chi connectivity index (χ1n) is 15.8. The molecule has 0 bridgehead atoms. The van der Waals surface area contributed by atoms with Crippen molar-refractivity contribution in [1.82, 2.24) is 8.85 Å². The van der Waals surface area contributed by atoms with E-state index in [2.05, 4.69) is 0 Å². The first-order chi connectivity index (χ1) is 26.8. The molecule has 0 aliphatic carbocycles. The predicted octanol–water partition coefficient (Wildman–Crippen LogP) is 4.25. The molecule has 0 heterocycles. The van der Waals surface area contributed by atoms with Gasteiger partial charge in [-0.25, -0.2) is 30.0 Å². The molecule has 4 aromatic carbocycles. The fourth-order valence-electron chi connectivity index (χ4n) is 4.34. The summed E-state index contributed by atoms with van der Waals surface area (Å²) in [5.41, 5.74) is 1.51. The van der Waals surface area contributed by atoms with Crippen molar-refractivity contribution in [2.75, 3.05) is 28.4 Å². The van der Waals surface area contributed by atoms with Crippen molar-refractivity contribution in [3.05, 3.63) is 117 Å². The van der Waals surface area contributed by atoms with Gasteiger partial charge in [-0.1, -0.05) is 24.3 Å². The van der Waals surface area contributed by atoms with Gasteiger partial charge in [0.25, 0.3) is 15.9 Å². The van der Waals surface area contributed by atoms with Gasteiger partial charge in [-0.3, -0.25) is 4.79 Å². The molecular weight excluding hydrogens is 809 g/mol. The van der Waals surface area contributed by atoms with E-state index in [1.54, 1.807) is 16.3 Å². The summed E-state index contributed by atoms with van der Waals surface area (Å²) >= 11 is 0. The molecule has 0 aliphatic heterocycles. The number of carbonyl (C=O) groups is 1. The molecule has 0 spiro atoms. The maximum Gasteiger partial charge on any atom is 0.257 e. The number of amides is 1. The quantitative estimate of drug-likeness (QED) is 0.0914. The molecule has 0 aliphatic rings. The molecule has 57 heavy (non-hydrogen) atoms. The van der Waals surface area contributed by atoms with E-state index in [1.165, 1.54) is 101 Å². The lowest BCUT2D eigenvalue weighted by molar-refractivity contribution is -0.114. The third kappa shape index (κ3) is 14.6. The zero-order valence-corrected chi connectivity index (χ0v) is 33.0. The highest BCUT2D eigenvalue weighted by Crippen LogP contribution is 2.29. The number of sulfonamides is 3. The van der Waals surface area contributed by atoms with Crippen LogP contribution in [-0.4, -0.2) is 80.0 Å². The van der Waals surface area contributed by atoms with E-state index in [0.717, 1.165) is 23.6 Å². The Morgan fingerprint density at radius 1 is 0.474 bits per heavy atom. The monoisotopic (exact) mass is 846 g/mol. The van der Waals surface area contributed by atoms with Crippen LogP contribution in [0, 0.1) is 0 Å². The van der Waals surface area contributed by atoms with E-state index in [4.69, 9.17) is 18.9 Å². The van der Waals surface area contributed by atoms with Gasteiger partial charge in [0.1, 0.15) is 0 Å². The van der Waals surface area contributed by atoms with Gasteiger partial charge >= 0.3 is 0 Å². The van der Waals surface area contributed by atoms with Crippen molar-refractivity contribution in [3.8, 4) is 46.0 Å². The number of rotatable bonds is 15. The zero-order valence-electron chi connectivity index (χ0n) is 30.6. The molecule has 0 radical (unpaired) electrons. The average Bonchev–Trinajstić information content (AvgIpc) is 3.14. The number of phenolic OH excluding ortho intramolecular Hbond substituents is 4. The molecule has 4 aromatic rings. The third-order valence-electron chi connectivity index (χ3n) is 7.03. The Morgan fingerprint density at radius 2 is 0.754 bits per heavy atom. The van der Waals surface area contributed by atoms with Crippen molar-refractivity contribution < 1.29 is 69.4 Å². The number of aromatic hydroxyl groups is 4. The van der Waals surface area contributed by atoms with Crippen LogP contribution >= 0.6 is 0 Å². The van der Waals surface area contributed by atoms with Gasteiger partial charge in [0.2, 0.25) is 20.0 Å². The Balaban J connectivity index is 0.000000306. The summed E-state index contributed by atoms with van der Waals surface area (Å²) in [6, 6.07) is 17.2. The molecule has 0 atom stereocenters. The molecule has 4 rings (SSSR count). The van der Waals surface area contributed by atoms with Crippen LogP contribution in [-0.2, 0) is 34.9 Å². The van der Waals surface area contributed by atoms with Gasteiger partial charge in [0.05, 0.1) is 33.8 Å². The highest BCUT2D eigenvalue weighted by atomic mass is 32.3. The standard InChI is InChI=1S/C19H19NO7S.C18H19NO8S2/c1-26-17-6-3-13(11-15(17)21)5-8-19(23)20-28(24,25)10-9-14-4-7-18(27-2)16(22)12-14;1-26-17-5-3-13(11-15(17)20)7-9-28(22,23)19-29(24,25)10-8-14-4-6-18(27-2)16(21)12-14/h3-12,21-22H,1-2H3,(H,20,23);3-12,19-21H,1-2H3. The number of hydrogen-bond acceptors (Lipinski definition) is 15. The lowest BCUT2D eigenvalue weighted by atomic mass is 10.2. The lowest BCUT2D eigenvalue weighted by Gasteiger charge is -2.04. The molecule has 0 saturated heterocycles. The van der Waals surface area contributed by atoms with E-state index >= 15 is 0 Å². The number of benzene rings is 4. The van der Waals surface area contributed by atoms with E-state index in [0.29, 0.717) is 33.1 Å². The topological polar surface area (TPSA) is 261 Å². The summed E-state index contributed by atoms with van der Waals surface area (Å²) in [4.78, 5) is 11.8. The fourth-order valence-corrected chi connectivity index (χ4v) is 7.51. The molecule has 20 heteroatoms. The van der Waals surface area contributed by atoms with Crippen molar-refractivity contribution in [3.63, 3.8) is 0 Å². The molecule has 1 amide bonds. The number of carbonyl (C=O) groups excluding carboxylic acids is 1. The minimum Gasteiger partial charge on any atom is -0.504 e. The number of nitrogens with one attached hydrogen (secondary N) is 2. The molecule has 0 aromatic heterocycles. The molecule has 0 unspecified atom stereocenters. The zero-order chi connectivity index (χ0) is 42.4. The molecular formula is C37H38N2O15S3. The minimum absolute atomic E-state index is 0.108. The maximum absolute atomic E-state index is 12.0. The van der Waals surface area contributed by atoms with Crippen LogP contribution in [0.3, 0.4) is 0 Å². The second kappa shape index (κ2) is 19.9. The van der Waals surface area contributed by atoms with Crippen LogP contribution in [0.25, 0.3) is 24.3 Å². The second-order valence-electron chi connectivity index (χ2n) is 11.2. The number of methoxy groups -OCH3 is 4. The van der Waals surface area contributed by atoms with Gasteiger partial charge in [-0.05, 0) is 95.1 Å². The molecule has 0 saturated carbocycles. The van der Waals surface area contributed by atoms with Crippen LogP contribution in [0.5, 0.6) is 46.0 Å². The second-order valence-corrected chi connectivity index (χ2v) is 16.1. The Morgan fingerprint density at radius 3 is 1.04 bits per heavy atom. The van der Waals surface area contributed by atoms with E-state index in [-0.39, 0.29) is 46.0 Å².